The summed E-state index contributed by atoms with van der Waals surface area (Å²) in [6, 6.07) is -7.74. The van der Waals surface area contributed by atoms with E-state index in [2.05, 4.69) is 10.2 Å². The molecule has 0 unspecified atom stereocenters. The zero-order valence-electron chi connectivity index (χ0n) is 22.5. The summed E-state index contributed by atoms with van der Waals surface area (Å²) in [6.07, 6.45) is -13.2. The Labute approximate surface area is 167 Å². The van der Waals surface area contributed by atoms with Gasteiger partial charge in [-0.1, -0.05) is 0 Å². The third kappa shape index (κ3) is 4.11. The summed E-state index contributed by atoms with van der Waals surface area (Å²) in [5.74, 6) is -11.4. The largest absolute Gasteiger partial charge is 0.451 e. The molecule has 1 aliphatic rings. The summed E-state index contributed by atoms with van der Waals surface area (Å²) in [5.41, 5.74) is 3.61. The van der Waals surface area contributed by atoms with E-state index >= 15 is 0 Å². The molecular weight excluding hydrogens is 392 g/mol. The normalized spacial score (nSPS) is 24.1. The summed E-state index contributed by atoms with van der Waals surface area (Å²) < 4.78 is 153. The highest BCUT2D eigenvalue weighted by Gasteiger charge is 2.39. The van der Waals surface area contributed by atoms with Crippen molar-refractivity contribution >= 4 is 5.91 Å². The minimum Gasteiger partial charge on any atom is -0.333 e. The van der Waals surface area contributed by atoms with Gasteiger partial charge in [0.05, 0.1) is 12.0 Å². The Morgan fingerprint density at radius 2 is 1.96 bits per heavy atom. The summed E-state index contributed by atoms with van der Waals surface area (Å²) in [6.45, 7) is -5.08. The number of hydrogen-bond donors (Lipinski definition) is 1. The molecule has 0 saturated heterocycles. The Morgan fingerprint density at radius 3 is 2.64 bits per heavy atom. The van der Waals surface area contributed by atoms with E-state index in [9.17, 15) is 31.1 Å². The van der Waals surface area contributed by atoms with E-state index < -0.39 is 97.2 Å². The smallest absolute Gasteiger partial charge is 0.333 e. The highest BCUT2D eigenvalue weighted by molar-refractivity contribution is 5.76. The first kappa shape index (κ1) is 11.4. The van der Waals surface area contributed by atoms with Crippen molar-refractivity contribution in [3.8, 4) is 0 Å². The molecular formula is C16H15F6N5O. The molecule has 0 saturated carbocycles. The molecule has 152 valence electrons. The summed E-state index contributed by atoms with van der Waals surface area (Å²) in [4.78, 5) is 13.1. The molecule has 12 heteroatoms. The van der Waals surface area contributed by atoms with Gasteiger partial charge in [0, 0.05) is 38.4 Å². The standard InChI is InChI=1S/C16H15F6N5O/c17-10-6-12(19)11(18)4-8(10)3-9(23)5-14(28)26-1-2-27-13(7-26)24-25-15(27)16(20,21)22/h4,6,9H,1-3,5,7,23H2/t9-/m1/s1/i3D2,4D,5D2,6D,7D2,9D. The van der Waals surface area contributed by atoms with Crippen LogP contribution in [0.5, 0.6) is 0 Å². The number of benzene rings is 1. The first-order valence-electron chi connectivity index (χ1n) is 11.8. The Hall–Kier alpha value is -2.63. The minimum absolute atomic E-state index is 0.0253. The second kappa shape index (κ2) is 7.41. The molecule has 0 bridgehead atoms. The van der Waals surface area contributed by atoms with E-state index in [1.165, 1.54) is 0 Å². The van der Waals surface area contributed by atoms with Gasteiger partial charge < -0.3 is 15.2 Å². The topological polar surface area (TPSA) is 77.0 Å². The van der Waals surface area contributed by atoms with Crippen molar-refractivity contribution in [2.24, 2.45) is 5.73 Å². The van der Waals surface area contributed by atoms with E-state index in [1.54, 1.807) is 0 Å². The lowest BCUT2D eigenvalue weighted by atomic mass is 10.0. The zero-order chi connectivity index (χ0) is 28.7. The van der Waals surface area contributed by atoms with Gasteiger partial charge in [0.25, 0.3) is 0 Å². The molecule has 2 N–H and O–H groups in total. The van der Waals surface area contributed by atoms with Gasteiger partial charge in [0.2, 0.25) is 11.7 Å². The van der Waals surface area contributed by atoms with Crippen molar-refractivity contribution in [2.45, 2.75) is 38.0 Å². The van der Waals surface area contributed by atoms with E-state index in [4.69, 9.17) is 18.1 Å². The van der Waals surface area contributed by atoms with Crippen molar-refractivity contribution in [1.82, 2.24) is 19.7 Å². The van der Waals surface area contributed by atoms with Crippen molar-refractivity contribution in [2.75, 3.05) is 6.54 Å². The molecule has 0 spiro atoms. The third-order valence-corrected chi connectivity index (χ3v) is 3.40. The SMILES string of the molecule is [2H]c1c(F)c(F)c([2H])c(C([2H])([2H])[C@@]([2H])(N)C([2H])([2H])C(=O)N2CCn3c(C(F)(F)F)nnc3C2([2H])[2H])c1F. The van der Waals surface area contributed by atoms with Crippen molar-refractivity contribution in [1.29, 1.82) is 0 Å². The van der Waals surface area contributed by atoms with Gasteiger partial charge in [-0.05, 0) is 18.0 Å². The number of alkyl halides is 3. The number of fused-ring (bicyclic) bond motifs is 1. The number of hydrogen-bond acceptors (Lipinski definition) is 4. The lowest BCUT2D eigenvalue weighted by Crippen LogP contribution is -2.42. The van der Waals surface area contributed by atoms with Crippen LogP contribution in [0, 0.1) is 17.5 Å². The molecule has 28 heavy (non-hydrogen) atoms. The molecule has 2 aromatic rings. The van der Waals surface area contributed by atoms with Gasteiger partial charge >= 0.3 is 6.18 Å². The molecule has 6 nitrogen and oxygen atoms in total. The zero-order valence-corrected chi connectivity index (χ0v) is 13.5. The third-order valence-electron chi connectivity index (χ3n) is 3.40. The Balaban J connectivity index is 2.10. The van der Waals surface area contributed by atoms with E-state index in [1.807, 2.05) is 0 Å². The molecule has 1 aromatic heterocycles. The molecule has 1 aromatic carbocycles. The van der Waals surface area contributed by atoms with Crippen LogP contribution >= 0.6 is 0 Å². The van der Waals surface area contributed by atoms with Gasteiger partial charge in [0.15, 0.2) is 17.5 Å². The van der Waals surface area contributed by atoms with Gasteiger partial charge in [0.1, 0.15) is 5.82 Å². The molecule has 0 fully saturated rings. The van der Waals surface area contributed by atoms with Crippen LogP contribution in [0.15, 0.2) is 12.1 Å². The maximum absolute atomic E-state index is 14.6. The number of rotatable bonds is 4. The quantitative estimate of drug-likeness (QED) is 0.611. The fourth-order valence-corrected chi connectivity index (χ4v) is 2.20. The van der Waals surface area contributed by atoms with Gasteiger partial charge in [-0.25, -0.2) is 13.2 Å². The Bertz CT molecular complexity index is 1250. The summed E-state index contributed by atoms with van der Waals surface area (Å²) in [5, 5.41) is 5.92. The highest BCUT2D eigenvalue weighted by Crippen LogP contribution is 2.29. The lowest BCUT2D eigenvalue weighted by molar-refractivity contribution is -0.148. The molecule has 1 amide bonds. The molecule has 2 heterocycles. The maximum atomic E-state index is 14.6. The minimum atomic E-state index is -5.06. The number of amides is 1. The molecule has 0 aliphatic carbocycles. The van der Waals surface area contributed by atoms with Crippen LogP contribution in [-0.4, -0.2) is 38.1 Å². The first-order chi connectivity index (χ1) is 16.5. The second-order valence-corrected chi connectivity index (χ2v) is 5.30. The van der Waals surface area contributed by atoms with Crippen LogP contribution in [0.1, 0.15) is 35.9 Å². The van der Waals surface area contributed by atoms with Crippen LogP contribution in [0.2, 0.25) is 0 Å². The van der Waals surface area contributed by atoms with Gasteiger partial charge in [-0.3, -0.25) is 4.79 Å². The van der Waals surface area contributed by atoms with Crippen molar-refractivity contribution in [3.63, 3.8) is 0 Å². The van der Waals surface area contributed by atoms with Crippen LogP contribution in [-0.2, 0) is 30.4 Å². The van der Waals surface area contributed by atoms with Crippen molar-refractivity contribution in [3.05, 3.63) is 46.7 Å². The summed E-state index contributed by atoms with van der Waals surface area (Å²) >= 11 is 0. The van der Waals surface area contributed by atoms with E-state index in [0.29, 0.717) is 0 Å². The summed E-state index contributed by atoms with van der Waals surface area (Å²) in [7, 11) is 0. The predicted molar refractivity (Wildman–Crippen MR) is 83.1 cm³/mol. The highest BCUT2D eigenvalue weighted by atomic mass is 19.4. The Kier molecular flexibility index (Phi) is 3.02. The van der Waals surface area contributed by atoms with Crippen LogP contribution in [0.25, 0.3) is 0 Å². The molecule has 1 aliphatic heterocycles. The van der Waals surface area contributed by atoms with Crippen LogP contribution in [0.3, 0.4) is 0 Å². The van der Waals surface area contributed by atoms with Crippen LogP contribution < -0.4 is 5.73 Å². The number of aromatic nitrogens is 3. The van der Waals surface area contributed by atoms with E-state index in [0.717, 1.165) is 0 Å². The van der Waals surface area contributed by atoms with Gasteiger partial charge in [-0.15, -0.1) is 10.2 Å². The average molecular weight is 416 g/mol. The number of halogens is 6. The monoisotopic (exact) mass is 416 g/mol. The van der Waals surface area contributed by atoms with Gasteiger partial charge in [-0.2, -0.15) is 13.2 Å². The molecule has 0 radical (unpaired) electrons. The fourth-order valence-electron chi connectivity index (χ4n) is 2.20. The number of carbonyl (C=O) groups excluding carboxylic acids is 1. The first-order valence-corrected chi connectivity index (χ1v) is 7.30. The van der Waals surface area contributed by atoms with E-state index in [-0.39, 0.29) is 9.47 Å². The van der Waals surface area contributed by atoms with Crippen molar-refractivity contribution < 1.29 is 43.5 Å². The number of nitrogens with two attached hydrogens (primary N) is 1. The second-order valence-electron chi connectivity index (χ2n) is 5.30. The average Bonchev–Trinajstić information content (AvgIpc) is 3.22. The van der Waals surface area contributed by atoms with Crippen LogP contribution in [0.4, 0.5) is 26.3 Å². The molecule has 1 atom stereocenters. The number of nitrogens with zero attached hydrogens (tertiary/aromatic N) is 4. The Morgan fingerprint density at radius 1 is 1.29 bits per heavy atom. The lowest BCUT2D eigenvalue weighted by Gasteiger charge is -2.29. The maximum Gasteiger partial charge on any atom is 0.451 e. The fraction of sp³-hybridized carbons (Fsp3) is 0.438. The molecule has 3 rings (SSSR count). The number of carbonyl (C=O) groups is 1. The predicted octanol–water partition coefficient (Wildman–Crippen LogP) is 2.02.